The topological polar surface area (TPSA) is 17.1 Å². The first-order valence-electron chi connectivity index (χ1n) is 3.10. The Morgan fingerprint density at radius 3 is 2.11 bits per heavy atom. The molecule has 0 fully saturated rings. The molecule has 0 aliphatic carbocycles. The van der Waals surface area contributed by atoms with Gasteiger partial charge >= 0.3 is 0 Å². The van der Waals surface area contributed by atoms with Crippen molar-refractivity contribution in [3.8, 4) is 0 Å². The molecular formula is C7H14OSi. The minimum atomic E-state index is -1.21. The Kier molecular flexibility index (Phi) is 2.84. The maximum Gasteiger partial charge on any atom is 0.123 e. The summed E-state index contributed by atoms with van der Waals surface area (Å²) in [6.07, 6.45) is 1.48. The second kappa shape index (κ2) is 2.97. The lowest BCUT2D eigenvalue weighted by Crippen LogP contribution is -2.23. The van der Waals surface area contributed by atoms with E-state index in [0.717, 1.165) is 11.5 Å². The number of aldehydes is 1. The molecule has 52 valence electrons. The van der Waals surface area contributed by atoms with Crippen molar-refractivity contribution < 1.29 is 4.79 Å². The van der Waals surface area contributed by atoms with Gasteiger partial charge in [-0.05, 0) is 0 Å². The molecule has 0 amide bonds. The van der Waals surface area contributed by atoms with Crippen molar-refractivity contribution in [2.24, 2.45) is 0 Å². The molecule has 0 saturated heterocycles. The average molecular weight is 142 g/mol. The molecule has 2 heteroatoms. The Hall–Kier alpha value is -0.373. The molecule has 9 heavy (non-hydrogen) atoms. The van der Waals surface area contributed by atoms with E-state index < -0.39 is 8.07 Å². The van der Waals surface area contributed by atoms with E-state index >= 15 is 0 Å². The fraction of sp³-hybridized carbons (Fsp3) is 0.571. The van der Waals surface area contributed by atoms with Crippen LogP contribution in [0.2, 0.25) is 19.6 Å². The maximum absolute atomic E-state index is 10.0. The van der Waals surface area contributed by atoms with Gasteiger partial charge in [0.1, 0.15) is 6.29 Å². The highest BCUT2D eigenvalue weighted by atomic mass is 28.3. The van der Waals surface area contributed by atoms with Gasteiger partial charge in [-0.1, -0.05) is 24.8 Å². The van der Waals surface area contributed by atoms with Gasteiger partial charge in [0.15, 0.2) is 0 Å². The smallest absolute Gasteiger partial charge is 0.123 e. The standard InChI is InChI=1S/C7H14OSi/c1-7(5-6-8)9(2,3)4/h6H,1,5H2,2-4H3. The lowest BCUT2D eigenvalue weighted by atomic mass is 10.5. The van der Waals surface area contributed by atoms with Crippen LogP contribution in [0.4, 0.5) is 0 Å². The maximum atomic E-state index is 10.0. The zero-order valence-corrected chi connectivity index (χ0v) is 7.40. The van der Waals surface area contributed by atoms with Gasteiger partial charge in [0, 0.05) is 6.42 Å². The quantitative estimate of drug-likeness (QED) is 0.435. The zero-order valence-electron chi connectivity index (χ0n) is 6.40. The number of rotatable bonds is 3. The van der Waals surface area contributed by atoms with Crippen LogP contribution in [0.5, 0.6) is 0 Å². The van der Waals surface area contributed by atoms with Gasteiger partial charge in [0.2, 0.25) is 0 Å². The summed E-state index contributed by atoms with van der Waals surface area (Å²) in [7, 11) is -1.21. The van der Waals surface area contributed by atoms with Crippen LogP contribution in [0.15, 0.2) is 11.8 Å². The van der Waals surface area contributed by atoms with Gasteiger partial charge in [-0.25, -0.2) is 0 Å². The van der Waals surface area contributed by atoms with Crippen LogP contribution in [0.1, 0.15) is 6.42 Å². The fourth-order valence-corrected chi connectivity index (χ4v) is 1.10. The lowest BCUT2D eigenvalue weighted by molar-refractivity contribution is -0.107. The van der Waals surface area contributed by atoms with Crippen molar-refractivity contribution in [2.45, 2.75) is 26.1 Å². The Morgan fingerprint density at radius 2 is 2.00 bits per heavy atom. The van der Waals surface area contributed by atoms with Gasteiger partial charge in [0.25, 0.3) is 0 Å². The first-order valence-corrected chi connectivity index (χ1v) is 6.60. The van der Waals surface area contributed by atoms with Crippen molar-refractivity contribution >= 4 is 14.4 Å². The molecule has 0 saturated carbocycles. The third-order valence-electron chi connectivity index (χ3n) is 1.39. The molecule has 0 bridgehead atoms. The van der Waals surface area contributed by atoms with E-state index in [0.29, 0.717) is 6.42 Å². The molecular weight excluding hydrogens is 128 g/mol. The van der Waals surface area contributed by atoms with Crippen molar-refractivity contribution in [1.29, 1.82) is 0 Å². The second-order valence-corrected chi connectivity index (χ2v) is 8.43. The van der Waals surface area contributed by atoms with Crippen molar-refractivity contribution in [2.75, 3.05) is 0 Å². The van der Waals surface area contributed by atoms with E-state index in [1.807, 2.05) is 0 Å². The SMILES string of the molecule is C=C(CC=O)[Si](C)(C)C. The monoisotopic (exact) mass is 142 g/mol. The van der Waals surface area contributed by atoms with Crippen LogP contribution in [-0.4, -0.2) is 14.4 Å². The van der Waals surface area contributed by atoms with Crippen molar-refractivity contribution in [1.82, 2.24) is 0 Å². The highest BCUT2D eigenvalue weighted by molar-refractivity contribution is 6.83. The summed E-state index contributed by atoms with van der Waals surface area (Å²) in [6, 6.07) is 0. The third-order valence-corrected chi connectivity index (χ3v) is 3.72. The largest absolute Gasteiger partial charge is 0.303 e. The minimum absolute atomic E-state index is 0.551. The highest BCUT2D eigenvalue weighted by Crippen LogP contribution is 2.13. The molecule has 0 aromatic heterocycles. The number of carbonyl (C=O) groups is 1. The summed E-state index contributed by atoms with van der Waals surface area (Å²) in [5.41, 5.74) is 0. The minimum Gasteiger partial charge on any atom is -0.303 e. The summed E-state index contributed by atoms with van der Waals surface area (Å²) < 4.78 is 0. The van der Waals surface area contributed by atoms with E-state index in [9.17, 15) is 4.79 Å². The Bertz CT molecular complexity index is 121. The Balaban J connectivity index is 3.88. The molecule has 0 aromatic rings. The normalized spacial score (nSPS) is 11.0. The van der Waals surface area contributed by atoms with Crippen LogP contribution in [0, 0.1) is 0 Å². The van der Waals surface area contributed by atoms with E-state index in [4.69, 9.17) is 0 Å². The molecule has 0 aliphatic rings. The van der Waals surface area contributed by atoms with Gasteiger partial charge in [-0.15, -0.1) is 6.58 Å². The van der Waals surface area contributed by atoms with Gasteiger partial charge in [-0.3, -0.25) is 0 Å². The van der Waals surface area contributed by atoms with E-state index in [1.54, 1.807) is 0 Å². The zero-order chi connectivity index (χ0) is 7.49. The van der Waals surface area contributed by atoms with Gasteiger partial charge < -0.3 is 4.79 Å². The molecule has 0 aliphatic heterocycles. The summed E-state index contributed by atoms with van der Waals surface area (Å²) in [6.45, 7) is 10.4. The lowest BCUT2D eigenvalue weighted by Gasteiger charge is -2.16. The summed E-state index contributed by atoms with van der Waals surface area (Å²) in [5.74, 6) is 0. The third kappa shape index (κ3) is 3.24. The van der Waals surface area contributed by atoms with Crippen LogP contribution >= 0.6 is 0 Å². The Morgan fingerprint density at radius 1 is 1.56 bits per heavy atom. The van der Waals surface area contributed by atoms with Gasteiger partial charge in [0.05, 0.1) is 8.07 Å². The predicted molar refractivity (Wildman–Crippen MR) is 43.2 cm³/mol. The first kappa shape index (κ1) is 8.63. The number of allylic oxidation sites excluding steroid dienone is 1. The van der Waals surface area contributed by atoms with Crippen LogP contribution < -0.4 is 0 Å². The fourth-order valence-electron chi connectivity index (χ4n) is 0.407. The number of hydrogen-bond donors (Lipinski definition) is 0. The molecule has 0 rings (SSSR count). The van der Waals surface area contributed by atoms with Crippen LogP contribution in [0.25, 0.3) is 0 Å². The molecule has 0 heterocycles. The first-order chi connectivity index (χ1) is 3.98. The number of carbonyl (C=O) groups excluding carboxylic acids is 1. The molecule has 0 aromatic carbocycles. The predicted octanol–water partition coefficient (Wildman–Crippen LogP) is 2.01. The van der Waals surface area contributed by atoms with Crippen molar-refractivity contribution in [3.05, 3.63) is 11.8 Å². The summed E-state index contributed by atoms with van der Waals surface area (Å²) in [4.78, 5) is 10.0. The van der Waals surface area contributed by atoms with Crippen molar-refractivity contribution in [3.63, 3.8) is 0 Å². The highest BCUT2D eigenvalue weighted by Gasteiger charge is 2.15. The number of hydrogen-bond acceptors (Lipinski definition) is 1. The molecule has 0 radical (unpaired) electrons. The molecule has 0 N–H and O–H groups in total. The average Bonchev–Trinajstić information content (AvgIpc) is 1.64. The molecule has 0 unspecified atom stereocenters. The second-order valence-electron chi connectivity index (χ2n) is 3.22. The molecule has 1 nitrogen and oxygen atoms in total. The molecule has 0 atom stereocenters. The van der Waals surface area contributed by atoms with E-state index in [1.165, 1.54) is 0 Å². The Labute approximate surface area is 57.8 Å². The van der Waals surface area contributed by atoms with Gasteiger partial charge in [-0.2, -0.15) is 0 Å². The summed E-state index contributed by atoms with van der Waals surface area (Å²) in [5, 5.41) is 1.14. The van der Waals surface area contributed by atoms with Crippen LogP contribution in [-0.2, 0) is 4.79 Å². The van der Waals surface area contributed by atoms with Crippen LogP contribution in [0.3, 0.4) is 0 Å². The van der Waals surface area contributed by atoms with E-state index in [-0.39, 0.29) is 0 Å². The summed E-state index contributed by atoms with van der Waals surface area (Å²) >= 11 is 0. The van der Waals surface area contributed by atoms with E-state index in [2.05, 4.69) is 26.2 Å². The molecule has 0 spiro atoms.